The molecule has 4 aromatic rings. The Balaban J connectivity index is 1.03. The highest BCUT2D eigenvalue weighted by molar-refractivity contribution is 5.79. The lowest BCUT2D eigenvalue weighted by Gasteiger charge is -2.43. The lowest BCUT2D eigenvalue weighted by Crippen LogP contribution is -2.53. The standard InChI is InChI=1S/C33H39N7O4/c1-21(2)31(33(42)43)29-20-30(37-44-29)40-13-11-24(12-14-40)39-17-15-38(16-18-39)23-9-7-22(8-10-23)26-19-27(35-36-32(26)34)25-5-3-4-6-28(25)41/h3-10,19-21,24,31,41H,11-18H2,1-2H3,(H2,34,36)(H,42,43). The zero-order valence-corrected chi connectivity index (χ0v) is 25.1. The highest BCUT2D eigenvalue weighted by atomic mass is 16.5. The number of phenolic OH excluding ortho intramolecular Hbond substituents is 1. The molecule has 11 nitrogen and oxygen atoms in total. The minimum Gasteiger partial charge on any atom is -0.507 e. The van der Waals surface area contributed by atoms with E-state index in [1.807, 2.05) is 32.0 Å². The number of nitrogens with zero attached hydrogens (tertiary/aromatic N) is 6. The maximum atomic E-state index is 11.7. The van der Waals surface area contributed by atoms with E-state index in [4.69, 9.17) is 10.3 Å². The number of carboxylic acids is 1. The number of carbonyl (C=O) groups is 1. The van der Waals surface area contributed by atoms with E-state index in [-0.39, 0.29) is 11.7 Å². The Kier molecular flexibility index (Phi) is 8.38. The van der Waals surface area contributed by atoms with Crippen LogP contribution in [0, 0.1) is 5.92 Å². The van der Waals surface area contributed by atoms with Gasteiger partial charge in [0.25, 0.3) is 0 Å². The first kappa shape index (κ1) is 29.4. The predicted molar refractivity (Wildman–Crippen MR) is 170 cm³/mol. The molecule has 2 aliphatic rings. The zero-order chi connectivity index (χ0) is 30.8. The van der Waals surface area contributed by atoms with Crippen molar-refractivity contribution in [3.05, 3.63) is 66.4 Å². The topological polar surface area (TPSA) is 145 Å². The van der Waals surface area contributed by atoms with Crippen molar-refractivity contribution in [1.82, 2.24) is 20.3 Å². The molecule has 2 aromatic carbocycles. The molecule has 0 aliphatic carbocycles. The predicted octanol–water partition coefficient (Wildman–Crippen LogP) is 4.70. The van der Waals surface area contributed by atoms with Gasteiger partial charge in [-0.05, 0) is 54.7 Å². The van der Waals surface area contributed by atoms with Gasteiger partial charge in [-0.15, -0.1) is 10.2 Å². The lowest BCUT2D eigenvalue weighted by molar-refractivity contribution is -0.140. The number of hydrogen-bond acceptors (Lipinski definition) is 10. The minimum absolute atomic E-state index is 0.0718. The quantitative estimate of drug-likeness (QED) is 0.260. The molecule has 0 spiro atoms. The first-order valence-corrected chi connectivity index (χ1v) is 15.2. The highest BCUT2D eigenvalue weighted by Crippen LogP contribution is 2.34. The van der Waals surface area contributed by atoms with Gasteiger partial charge in [0, 0.05) is 68.2 Å². The van der Waals surface area contributed by atoms with E-state index in [9.17, 15) is 15.0 Å². The van der Waals surface area contributed by atoms with Crippen LogP contribution in [0.5, 0.6) is 5.75 Å². The molecule has 0 bridgehead atoms. The van der Waals surface area contributed by atoms with Gasteiger partial charge in [0.05, 0.1) is 5.69 Å². The Labute approximate surface area is 256 Å². The van der Waals surface area contributed by atoms with Crippen LogP contribution in [0.4, 0.5) is 17.3 Å². The molecule has 4 heterocycles. The van der Waals surface area contributed by atoms with Gasteiger partial charge in [-0.3, -0.25) is 9.69 Å². The molecule has 11 heteroatoms. The smallest absolute Gasteiger partial charge is 0.314 e. The second-order valence-electron chi connectivity index (χ2n) is 12.0. The number of nitrogens with two attached hydrogens (primary N) is 1. The molecule has 230 valence electrons. The molecule has 2 saturated heterocycles. The largest absolute Gasteiger partial charge is 0.507 e. The molecule has 6 rings (SSSR count). The number of aliphatic carboxylic acids is 1. The second kappa shape index (κ2) is 12.5. The zero-order valence-electron chi connectivity index (χ0n) is 25.1. The van der Waals surface area contributed by atoms with Crippen LogP contribution in [0.1, 0.15) is 38.4 Å². The SMILES string of the molecule is CC(C)C(C(=O)O)c1cc(N2CCC(N3CCN(c4ccc(-c5cc(-c6ccccc6O)nnc5N)cc4)CC3)CC2)no1. The van der Waals surface area contributed by atoms with Crippen molar-refractivity contribution < 1.29 is 19.5 Å². The summed E-state index contributed by atoms with van der Waals surface area (Å²) in [5.74, 6) is 0.0165. The van der Waals surface area contributed by atoms with E-state index in [0.717, 1.165) is 69.1 Å². The number of aromatic hydroxyl groups is 1. The number of benzene rings is 2. The highest BCUT2D eigenvalue weighted by Gasteiger charge is 2.31. The normalized spacial score (nSPS) is 17.2. The van der Waals surface area contributed by atoms with Gasteiger partial charge in [0.1, 0.15) is 11.7 Å². The Morgan fingerprint density at radius 2 is 1.61 bits per heavy atom. The van der Waals surface area contributed by atoms with E-state index in [0.29, 0.717) is 28.9 Å². The second-order valence-corrected chi connectivity index (χ2v) is 12.0. The monoisotopic (exact) mass is 597 g/mol. The third-order valence-corrected chi connectivity index (χ3v) is 8.92. The van der Waals surface area contributed by atoms with Crippen molar-refractivity contribution in [2.75, 3.05) is 54.8 Å². The molecule has 2 aromatic heterocycles. The van der Waals surface area contributed by atoms with E-state index < -0.39 is 11.9 Å². The van der Waals surface area contributed by atoms with E-state index >= 15 is 0 Å². The number of anilines is 3. The molecule has 1 atom stereocenters. The summed E-state index contributed by atoms with van der Waals surface area (Å²) < 4.78 is 5.46. The molecule has 2 aliphatic heterocycles. The van der Waals surface area contributed by atoms with Crippen molar-refractivity contribution in [3.8, 4) is 28.1 Å². The van der Waals surface area contributed by atoms with Crippen LogP contribution in [-0.2, 0) is 4.79 Å². The Morgan fingerprint density at radius 1 is 0.909 bits per heavy atom. The molecule has 2 fully saturated rings. The van der Waals surface area contributed by atoms with E-state index in [2.05, 4.69) is 54.3 Å². The third-order valence-electron chi connectivity index (χ3n) is 8.92. The van der Waals surface area contributed by atoms with Crippen LogP contribution < -0.4 is 15.5 Å². The third kappa shape index (κ3) is 6.05. The first-order chi connectivity index (χ1) is 21.3. The fraction of sp³-hybridized carbons (Fsp3) is 0.394. The average Bonchev–Trinajstić information content (AvgIpc) is 3.51. The van der Waals surface area contributed by atoms with Gasteiger partial charge in [-0.25, -0.2) is 0 Å². The number of piperidine rings is 1. The van der Waals surface area contributed by atoms with Gasteiger partial charge in [-0.1, -0.05) is 43.3 Å². The fourth-order valence-electron chi connectivity index (χ4n) is 6.42. The Morgan fingerprint density at radius 3 is 2.27 bits per heavy atom. The van der Waals surface area contributed by atoms with Crippen LogP contribution in [0.2, 0.25) is 0 Å². The van der Waals surface area contributed by atoms with Crippen LogP contribution in [0.15, 0.2) is 65.2 Å². The van der Waals surface area contributed by atoms with E-state index in [1.165, 1.54) is 5.69 Å². The molecule has 0 radical (unpaired) electrons. The van der Waals surface area contributed by atoms with Gasteiger partial charge in [0.2, 0.25) is 0 Å². The molecule has 0 saturated carbocycles. The summed E-state index contributed by atoms with van der Waals surface area (Å²) >= 11 is 0. The summed E-state index contributed by atoms with van der Waals surface area (Å²) in [5.41, 5.74) is 10.3. The summed E-state index contributed by atoms with van der Waals surface area (Å²) in [6, 6.07) is 19.6. The van der Waals surface area contributed by atoms with Gasteiger partial charge < -0.3 is 30.3 Å². The molecule has 4 N–H and O–H groups in total. The summed E-state index contributed by atoms with van der Waals surface area (Å²) in [7, 11) is 0. The van der Waals surface area contributed by atoms with Crippen molar-refractivity contribution in [2.45, 2.75) is 38.6 Å². The van der Waals surface area contributed by atoms with Crippen LogP contribution >= 0.6 is 0 Å². The van der Waals surface area contributed by atoms with Crippen molar-refractivity contribution in [3.63, 3.8) is 0 Å². The number of nitrogen functional groups attached to an aromatic ring is 1. The number of rotatable bonds is 8. The summed E-state index contributed by atoms with van der Waals surface area (Å²) in [4.78, 5) is 18.9. The number of phenols is 1. The van der Waals surface area contributed by atoms with Crippen LogP contribution in [0.25, 0.3) is 22.4 Å². The fourth-order valence-corrected chi connectivity index (χ4v) is 6.42. The molecular weight excluding hydrogens is 558 g/mol. The molecule has 44 heavy (non-hydrogen) atoms. The minimum atomic E-state index is -0.883. The number of hydrogen-bond donors (Lipinski definition) is 3. The number of piperazine rings is 1. The maximum absolute atomic E-state index is 11.7. The van der Waals surface area contributed by atoms with Gasteiger partial charge in [0.15, 0.2) is 17.4 Å². The molecule has 0 amide bonds. The summed E-state index contributed by atoms with van der Waals surface area (Å²) in [6.07, 6.45) is 2.07. The van der Waals surface area contributed by atoms with Crippen LogP contribution in [-0.4, -0.2) is 81.7 Å². The van der Waals surface area contributed by atoms with E-state index in [1.54, 1.807) is 18.2 Å². The summed E-state index contributed by atoms with van der Waals surface area (Å²) in [6.45, 7) is 9.41. The number of carboxylic acid groups (broad SMARTS) is 1. The van der Waals surface area contributed by atoms with Crippen molar-refractivity contribution >= 4 is 23.3 Å². The van der Waals surface area contributed by atoms with Crippen molar-refractivity contribution in [1.29, 1.82) is 0 Å². The Hall–Kier alpha value is -4.64. The first-order valence-electron chi connectivity index (χ1n) is 15.2. The van der Waals surface area contributed by atoms with Crippen molar-refractivity contribution in [2.24, 2.45) is 5.92 Å². The lowest BCUT2D eigenvalue weighted by atomic mass is 9.93. The molecular formula is C33H39N7O4. The van der Waals surface area contributed by atoms with Gasteiger partial charge >= 0.3 is 5.97 Å². The summed E-state index contributed by atoms with van der Waals surface area (Å²) in [5, 5.41) is 32.4. The maximum Gasteiger partial charge on any atom is 0.314 e. The molecule has 1 unspecified atom stereocenters. The van der Waals surface area contributed by atoms with Crippen LogP contribution in [0.3, 0.4) is 0 Å². The number of aromatic nitrogens is 3. The average molecular weight is 598 g/mol. The number of para-hydroxylation sites is 1. The van der Waals surface area contributed by atoms with Gasteiger partial charge in [-0.2, -0.15) is 0 Å². The Bertz CT molecular complexity index is 1590.